The predicted molar refractivity (Wildman–Crippen MR) is 133 cm³/mol. The van der Waals surface area contributed by atoms with Crippen molar-refractivity contribution in [3.63, 3.8) is 0 Å². The van der Waals surface area contributed by atoms with Crippen LogP contribution in [0.1, 0.15) is 27.7 Å². The van der Waals surface area contributed by atoms with Crippen LogP contribution in [0, 0.1) is 11.6 Å². The van der Waals surface area contributed by atoms with Crippen LogP contribution in [0.25, 0.3) is 21.6 Å². The molecule has 1 fully saturated rings. The topological polar surface area (TPSA) is 75.0 Å². The van der Waals surface area contributed by atoms with Crippen molar-refractivity contribution in [2.24, 2.45) is 0 Å². The van der Waals surface area contributed by atoms with E-state index in [4.69, 9.17) is 4.74 Å². The molecule has 4 heterocycles. The molecule has 0 spiro atoms. The van der Waals surface area contributed by atoms with Gasteiger partial charge in [-0.25, -0.2) is 8.78 Å². The summed E-state index contributed by atoms with van der Waals surface area (Å²) >= 11 is 1.44. The first-order valence-corrected chi connectivity index (χ1v) is 12.6. The lowest BCUT2D eigenvalue weighted by Crippen LogP contribution is -2.66. The molecule has 7 nitrogen and oxygen atoms in total. The Morgan fingerprint density at radius 2 is 1.84 bits per heavy atom. The molecule has 0 radical (unpaired) electrons. The van der Waals surface area contributed by atoms with Crippen LogP contribution < -0.4 is 10.4 Å². The van der Waals surface area contributed by atoms with Gasteiger partial charge in [0.2, 0.25) is 5.43 Å². The highest BCUT2D eigenvalue weighted by atomic mass is 32.1. The van der Waals surface area contributed by atoms with Gasteiger partial charge in [0.15, 0.2) is 23.1 Å². The summed E-state index contributed by atoms with van der Waals surface area (Å²) in [7, 11) is 0. The Balaban J connectivity index is 1.59. The molecule has 10 heteroatoms. The standard InChI is InChI=1S/C27H19F2N3O4S/c28-18-6-5-16-21(22(18)29)17-8-12-37-26(17)15-4-2-1-3-14(15)23(16)32-20-13-36-11-10-30(20)27(35)24-25(34)19(33)7-9-31(24)32/h1-9,12,20,23,34H,10-11,13H2. The molecule has 0 bridgehead atoms. The van der Waals surface area contributed by atoms with Gasteiger partial charge in [-0.15, -0.1) is 11.3 Å². The lowest BCUT2D eigenvalue weighted by Gasteiger charge is -2.51. The van der Waals surface area contributed by atoms with E-state index in [1.54, 1.807) is 17.0 Å². The van der Waals surface area contributed by atoms with Crippen LogP contribution in [0.15, 0.2) is 64.9 Å². The van der Waals surface area contributed by atoms with Crippen LogP contribution in [0.5, 0.6) is 5.75 Å². The van der Waals surface area contributed by atoms with Crippen LogP contribution >= 0.6 is 11.3 Å². The zero-order chi connectivity index (χ0) is 25.4. The zero-order valence-electron chi connectivity index (χ0n) is 19.2. The van der Waals surface area contributed by atoms with E-state index < -0.39 is 40.9 Å². The molecule has 7 rings (SSSR count). The number of nitrogens with zero attached hydrogens (tertiary/aromatic N) is 3. The number of pyridine rings is 1. The number of ether oxygens (including phenoxy) is 1. The molecule has 2 aromatic heterocycles. The lowest BCUT2D eigenvalue weighted by atomic mass is 9.92. The molecular weight excluding hydrogens is 500 g/mol. The monoisotopic (exact) mass is 519 g/mol. The third kappa shape index (κ3) is 2.99. The van der Waals surface area contributed by atoms with Gasteiger partial charge < -0.3 is 14.7 Å². The normalized spacial score (nSPS) is 19.9. The summed E-state index contributed by atoms with van der Waals surface area (Å²) in [5.41, 5.74) is 2.02. The number of aromatic hydroxyl groups is 1. The molecule has 4 aromatic rings. The van der Waals surface area contributed by atoms with Crippen molar-refractivity contribution in [2.45, 2.75) is 12.2 Å². The third-order valence-corrected chi connectivity index (χ3v) is 8.24. The van der Waals surface area contributed by atoms with Crippen LogP contribution in [-0.2, 0) is 4.74 Å². The second-order valence-electron chi connectivity index (χ2n) is 9.13. The number of fused-ring (bicyclic) bond motifs is 7. The molecule has 1 N–H and O–H groups in total. The van der Waals surface area contributed by atoms with Gasteiger partial charge in [-0.1, -0.05) is 30.3 Å². The van der Waals surface area contributed by atoms with Gasteiger partial charge in [-0.2, -0.15) is 0 Å². The highest BCUT2D eigenvalue weighted by Gasteiger charge is 2.46. The Labute approximate surface area is 213 Å². The Morgan fingerprint density at radius 3 is 2.70 bits per heavy atom. The summed E-state index contributed by atoms with van der Waals surface area (Å²) in [6.45, 7) is 0.690. The number of hydrogen-bond donors (Lipinski definition) is 1. The lowest BCUT2D eigenvalue weighted by molar-refractivity contribution is -0.0196. The number of carbonyl (C=O) groups is 1. The van der Waals surface area contributed by atoms with Crippen molar-refractivity contribution in [1.29, 1.82) is 0 Å². The Bertz CT molecular complexity index is 1670. The van der Waals surface area contributed by atoms with Gasteiger partial charge in [0.25, 0.3) is 5.91 Å². The summed E-state index contributed by atoms with van der Waals surface area (Å²) < 4.78 is 37.5. The van der Waals surface area contributed by atoms with Crippen LogP contribution in [0.3, 0.4) is 0 Å². The van der Waals surface area contributed by atoms with Crippen molar-refractivity contribution in [2.75, 3.05) is 24.8 Å². The largest absolute Gasteiger partial charge is 0.502 e. The van der Waals surface area contributed by atoms with Gasteiger partial charge in [-0.05, 0) is 34.2 Å². The van der Waals surface area contributed by atoms with E-state index in [-0.39, 0.29) is 24.4 Å². The summed E-state index contributed by atoms with van der Waals surface area (Å²) in [4.78, 5) is 28.2. The maximum absolute atomic E-state index is 15.6. The summed E-state index contributed by atoms with van der Waals surface area (Å²) in [6.07, 6.45) is 0.801. The summed E-state index contributed by atoms with van der Waals surface area (Å²) in [5, 5.41) is 14.4. The minimum atomic E-state index is -0.959. The molecular formula is C27H19F2N3O4S. The predicted octanol–water partition coefficient (Wildman–Crippen LogP) is 4.08. The van der Waals surface area contributed by atoms with Gasteiger partial charge in [0, 0.05) is 34.8 Å². The van der Waals surface area contributed by atoms with Crippen molar-refractivity contribution >= 4 is 17.2 Å². The number of rotatable bonds is 1. The molecule has 37 heavy (non-hydrogen) atoms. The molecule has 3 aliphatic rings. The van der Waals surface area contributed by atoms with Gasteiger partial charge >= 0.3 is 0 Å². The molecule has 0 saturated carbocycles. The molecule has 2 aromatic carbocycles. The number of hydrogen-bond acceptors (Lipinski definition) is 6. The average molecular weight is 520 g/mol. The van der Waals surface area contributed by atoms with Crippen molar-refractivity contribution < 1.29 is 23.4 Å². The van der Waals surface area contributed by atoms with E-state index in [2.05, 4.69) is 0 Å². The molecule has 186 valence electrons. The van der Waals surface area contributed by atoms with Crippen LogP contribution in [0.2, 0.25) is 0 Å². The first-order chi connectivity index (χ1) is 18.0. The summed E-state index contributed by atoms with van der Waals surface area (Å²) in [6, 6.07) is 12.5. The first-order valence-electron chi connectivity index (χ1n) is 11.7. The second kappa shape index (κ2) is 7.99. The van der Waals surface area contributed by atoms with Crippen LogP contribution in [0.4, 0.5) is 8.78 Å². The molecule has 2 unspecified atom stereocenters. The maximum Gasteiger partial charge on any atom is 0.278 e. The highest BCUT2D eigenvalue weighted by Crippen LogP contribution is 2.50. The quantitative estimate of drug-likeness (QED) is 0.410. The van der Waals surface area contributed by atoms with Gasteiger partial charge in [0.1, 0.15) is 6.17 Å². The van der Waals surface area contributed by atoms with E-state index in [1.807, 2.05) is 34.7 Å². The molecule has 1 aliphatic carbocycles. The Hall–Kier alpha value is -4.02. The smallest absolute Gasteiger partial charge is 0.278 e. The van der Waals surface area contributed by atoms with E-state index >= 15 is 4.39 Å². The average Bonchev–Trinajstić information content (AvgIpc) is 3.35. The fourth-order valence-corrected chi connectivity index (χ4v) is 6.66. The van der Waals surface area contributed by atoms with Crippen LogP contribution in [-0.4, -0.2) is 46.5 Å². The second-order valence-corrected chi connectivity index (χ2v) is 10.1. The third-order valence-electron chi connectivity index (χ3n) is 7.30. The molecule has 2 atom stereocenters. The minimum Gasteiger partial charge on any atom is -0.502 e. The molecule has 2 aliphatic heterocycles. The van der Waals surface area contributed by atoms with Crippen molar-refractivity contribution in [3.05, 3.63) is 98.8 Å². The van der Waals surface area contributed by atoms with E-state index in [1.165, 1.54) is 28.3 Å². The number of benzene rings is 2. The maximum atomic E-state index is 15.6. The van der Waals surface area contributed by atoms with Crippen molar-refractivity contribution in [1.82, 2.24) is 9.58 Å². The fraction of sp³-hybridized carbons (Fsp3) is 0.185. The number of thiophene rings is 1. The zero-order valence-corrected chi connectivity index (χ0v) is 20.0. The Kier molecular flexibility index (Phi) is 4.79. The SMILES string of the molecule is O=C1c2c(O)c(=O)ccn2N(C2c3ccccc3-c3sccc3-c3c2ccc(F)c3F)C2COCCN12. The first kappa shape index (κ1) is 22.2. The van der Waals surface area contributed by atoms with Crippen molar-refractivity contribution in [3.8, 4) is 27.3 Å². The number of aromatic nitrogens is 1. The highest BCUT2D eigenvalue weighted by molar-refractivity contribution is 7.14. The number of carbonyl (C=O) groups excluding carboxylic acids is 1. The number of amides is 1. The molecule has 1 saturated heterocycles. The number of halogens is 2. The Morgan fingerprint density at radius 1 is 1.00 bits per heavy atom. The van der Waals surface area contributed by atoms with E-state index in [9.17, 15) is 19.1 Å². The minimum absolute atomic E-state index is 0.143. The molecule has 1 amide bonds. The number of morpholine rings is 1. The van der Waals surface area contributed by atoms with E-state index in [0.29, 0.717) is 17.7 Å². The fourth-order valence-electron chi connectivity index (χ4n) is 5.71. The van der Waals surface area contributed by atoms with Gasteiger partial charge in [0.05, 0.1) is 19.3 Å². The van der Waals surface area contributed by atoms with Gasteiger partial charge in [-0.3, -0.25) is 19.3 Å². The summed E-state index contributed by atoms with van der Waals surface area (Å²) in [5.74, 6) is -3.07. The van der Waals surface area contributed by atoms with E-state index in [0.717, 1.165) is 22.1 Å².